The number of ether oxygens (including phenoxy) is 1. The number of nitrogens with one attached hydrogen (secondary N) is 1. The third-order valence-corrected chi connectivity index (χ3v) is 4.95. The Kier molecular flexibility index (Phi) is 4.84. The molecule has 1 saturated heterocycles. The predicted octanol–water partition coefficient (Wildman–Crippen LogP) is 1.83. The minimum Gasteiger partial charge on any atom is -0.465 e. The summed E-state index contributed by atoms with van der Waals surface area (Å²) in [5.41, 5.74) is 6.45. The van der Waals surface area contributed by atoms with Gasteiger partial charge in [0.15, 0.2) is 5.78 Å². The molecule has 0 unspecified atom stereocenters. The highest BCUT2D eigenvalue weighted by molar-refractivity contribution is 7.19. The Morgan fingerprint density at radius 1 is 1.38 bits per heavy atom. The topological polar surface area (TPSA) is 84.7 Å². The average Bonchev–Trinajstić information content (AvgIpc) is 2.77. The van der Waals surface area contributed by atoms with Crippen molar-refractivity contribution in [1.29, 1.82) is 0 Å². The van der Waals surface area contributed by atoms with Crippen molar-refractivity contribution in [3.05, 3.63) is 10.4 Å². The second-order valence-corrected chi connectivity index (χ2v) is 6.34. The molecule has 1 aliphatic rings. The Balaban J connectivity index is 2.27. The molecule has 0 amide bonds. The molecule has 1 aromatic heterocycles. The summed E-state index contributed by atoms with van der Waals surface area (Å²) in [6, 6.07) is 0.280. The summed E-state index contributed by atoms with van der Waals surface area (Å²) < 4.78 is 4.79. The lowest BCUT2D eigenvalue weighted by Crippen LogP contribution is -2.36. The maximum Gasteiger partial charge on any atom is 0.343 e. The summed E-state index contributed by atoms with van der Waals surface area (Å²) in [7, 11) is 3.40. The first-order chi connectivity index (χ1) is 9.93. The van der Waals surface area contributed by atoms with Gasteiger partial charge in [-0.05, 0) is 33.0 Å². The number of hydrogen-bond donors (Lipinski definition) is 2. The van der Waals surface area contributed by atoms with Gasteiger partial charge < -0.3 is 20.7 Å². The Morgan fingerprint density at radius 3 is 2.52 bits per heavy atom. The Labute approximate surface area is 128 Å². The number of carbonyl (C=O) groups is 2. The smallest absolute Gasteiger partial charge is 0.343 e. The largest absolute Gasteiger partial charge is 0.465 e. The van der Waals surface area contributed by atoms with Crippen LogP contribution in [0, 0.1) is 0 Å². The van der Waals surface area contributed by atoms with Crippen LogP contribution >= 0.6 is 11.3 Å². The van der Waals surface area contributed by atoms with E-state index in [1.807, 2.05) is 0 Å². The van der Waals surface area contributed by atoms with E-state index in [0.29, 0.717) is 9.88 Å². The molecule has 0 saturated carbocycles. The van der Waals surface area contributed by atoms with Crippen LogP contribution < -0.4 is 11.1 Å². The van der Waals surface area contributed by atoms with Crippen molar-refractivity contribution in [2.45, 2.75) is 25.8 Å². The first-order valence-electron chi connectivity index (χ1n) is 6.90. The lowest BCUT2D eigenvalue weighted by molar-refractivity contribution is 0.0603. The summed E-state index contributed by atoms with van der Waals surface area (Å²) in [5.74, 6) is -0.647. The second kappa shape index (κ2) is 6.44. The first kappa shape index (κ1) is 15.8. The summed E-state index contributed by atoms with van der Waals surface area (Å²) in [4.78, 5) is 26.2. The fourth-order valence-electron chi connectivity index (χ4n) is 2.45. The number of Topliss-reactive ketones (excluding diaryl/α,β-unsaturated/α-hetero) is 1. The number of piperidine rings is 1. The highest BCUT2D eigenvalue weighted by Crippen LogP contribution is 2.37. The second-order valence-electron chi connectivity index (χ2n) is 5.32. The van der Waals surface area contributed by atoms with Gasteiger partial charge in [-0.1, -0.05) is 0 Å². The van der Waals surface area contributed by atoms with Crippen molar-refractivity contribution in [3.63, 3.8) is 0 Å². The van der Waals surface area contributed by atoms with Crippen molar-refractivity contribution in [2.75, 3.05) is 38.3 Å². The number of thiophene rings is 1. The zero-order chi connectivity index (χ0) is 15.6. The summed E-state index contributed by atoms with van der Waals surface area (Å²) in [5, 5.41) is 4.00. The maximum atomic E-state index is 11.9. The molecule has 6 nitrogen and oxygen atoms in total. The van der Waals surface area contributed by atoms with Gasteiger partial charge in [0.25, 0.3) is 0 Å². The van der Waals surface area contributed by atoms with Crippen LogP contribution in [0.5, 0.6) is 0 Å². The number of ketones is 1. The van der Waals surface area contributed by atoms with E-state index >= 15 is 0 Å². The molecule has 116 valence electrons. The number of methoxy groups -OCH3 is 1. The maximum absolute atomic E-state index is 11.9. The zero-order valence-corrected chi connectivity index (χ0v) is 13.4. The van der Waals surface area contributed by atoms with Gasteiger partial charge in [-0.25, -0.2) is 4.79 Å². The third kappa shape index (κ3) is 3.36. The number of hydrogen-bond acceptors (Lipinski definition) is 7. The zero-order valence-electron chi connectivity index (χ0n) is 12.6. The molecule has 2 heterocycles. The summed E-state index contributed by atoms with van der Waals surface area (Å²) in [6.45, 7) is 3.46. The van der Waals surface area contributed by atoms with Gasteiger partial charge in [0.05, 0.1) is 17.7 Å². The number of esters is 1. The molecule has 0 spiro atoms. The number of carbonyl (C=O) groups excluding carboxylic acids is 2. The van der Waals surface area contributed by atoms with Crippen LogP contribution in [0.15, 0.2) is 0 Å². The number of nitrogens with zero attached hydrogens (tertiary/aromatic N) is 1. The molecular formula is C14H21N3O3S. The molecule has 7 heteroatoms. The highest BCUT2D eigenvalue weighted by atomic mass is 32.1. The Morgan fingerprint density at radius 2 is 2.00 bits per heavy atom. The van der Waals surface area contributed by atoms with Gasteiger partial charge in [-0.15, -0.1) is 11.3 Å². The molecule has 2 rings (SSSR count). The number of nitrogen functional groups attached to an aromatic ring is 1. The Bertz CT molecular complexity index is 548. The van der Waals surface area contributed by atoms with E-state index in [1.165, 1.54) is 25.4 Å². The lowest BCUT2D eigenvalue weighted by atomic mass is 10.1. The minimum absolute atomic E-state index is 0.140. The first-order valence-corrected chi connectivity index (χ1v) is 7.72. The van der Waals surface area contributed by atoms with Crippen LogP contribution in [-0.4, -0.2) is 49.9 Å². The molecule has 1 fully saturated rings. The van der Waals surface area contributed by atoms with Gasteiger partial charge in [0.2, 0.25) is 0 Å². The SMILES string of the molecule is COC(=O)c1c(NC2CCN(C)CC2)sc(C(C)=O)c1N. The van der Waals surface area contributed by atoms with E-state index < -0.39 is 5.97 Å². The van der Waals surface area contributed by atoms with Gasteiger partial charge >= 0.3 is 5.97 Å². The molecule has 0 atom stereocenters. The van der Waals surface area contributed by atoms with Crippen molar-refractivity contribution in [3.8, 4) is 0 Å². The van der Waals surface area contributed by atoms with Crippen molar-refractivity contribution in [1.82, 2.24) is 4.90 Å². The standard InChI is InChI=1S/C14H21N3O3S/c1-8(18)12-11(15)10(14(19)20-3)13(21-12)16-9-4-6-17(2)7-5-9/h9,16H,4-7,15H2,1-3H3. The van der Waals surface area contributed by atoms with Crippen LogP contribution in [0.4, 0.5) is 10.7 Å². The van der Waals surface area contributed by atoms with Crippen LogP contribution in [0.1, 0.15) is 39.8 Å². The van der Waals surface area contributed by atoms with Gasteiger partial charge in [-0.3, -0.25) is 4.79 Å². The van der Waals surface area contributed by atoms with E-state index in [1.54, 1.807) is 0 Å². The predicted molar refractivity (Wildman–Crippen MR) is 84.2 cm³/mol. The van der Waals surface area contributed by atoms with Crippen molar-refractivity contribution in [2.24, 2.45) is 0 Å². The quantitative estimate of drug-likeness (QED) is 0.652. The van der Waals surface area contributed by atoms with Crippen LogP contribution in [0.25, 0.3) is 0 Å². The molecule has 1 aromatic rings. The normalized spacial score (nSPS) is 16.7. The number of anilines is 2. The molecule has 1 aliphatic heterocycles. The van der Waals surface area contributed by atoms with Crippen LogP contribution in [-0.2, 0) is 4.74 Å². The molecule has 0 bridgehead atoms. The van der Waals surface area contributed by atoms with Crippen molar-refractivity contribution >= 4 is 33.8 Å². The van der Waals surface area contributed by atoms with Crippen molar-refractivity contribution < 1.29 is 14.3 Å². The number of likely N-dealkylation sites (tertiary alicyclic amines) is 1. The molecule has 0 aliphatic carbocycles. The minimum atomic E-state index is -0.508. The van der Waals surface area contributed by atoms with E-state index in [0.717, 1.165) is 25.9 Å². The molecule has 3 N–H and O–H groups in total. The summed E-state index contributed by atoms with van der Waals surface area (Å²) in [6.07, 6.45) is 1.98. The number of nitrogens with two attached hydrogens (primary N) is 1. The van der Waals surface area contributed by atoms with E-state index in [2.05, 4.69) is 17.3 Å². The van der Waals surface area contributed by atoms with Gasteiger partial charge in [0.1, 0.15) is 10.6 Å². The molecule has 0 radical (unpaired) electrons. The van der Waals surface area contributed by atoms with Gasteiger partial charge in [-0.2, -0.15) is 0 Å². The van der Waals surface area contributed by atoms with Gasteiger partial charge in [0, 0.05) is 13.0 Å². The van der Waals surface area contributed by atoms with E-state index in [4.69, 9.17) is 10.5 Å². The average molecular weight is 311 g/mol. The molecular weight excluding hydrogens is 290 g/mol. The number of rotatable bonds is 4. The van der Waals surface area contributed by atoms with Crippen LogP contribution in [0.2, 0.25) is 0 Å². The highest BCUT2D eigenvalue weighted by Gasteiger charge is 2.27. The van der Waals surface area contributed by atoms with E-state index in [-0.39, 0.29) is 23.1 Å². The van der Waals surface area contributed by atoms with Crippen LogP contribution in [0.3, 0.4) is 0 Å². The monoisotopic (exact) mass is 311 g/mol. The summed E-state index contributed by atoms with van der Waals surface area (Å²) >= 11 is 1.23. The molecule has 0 aromatic carbocycles. The lowest BCUT2D eigenvalue weighted by Gasteiger charge is -2.29. The molecule has 21 heavy (non-hydrogen) atoms. The fraction of sp³-hybridized carbons (Fsp3) is 0.571. The third-order valence-electron chi connectivity index (χ3n) is 3.71. The fourth-order valence-corrected chi connectivity index (χ4v) is 3.53. The Hall–Kier alpha value is -1.60. The van der Waals surface area contributed by atoms with E-state index in [9.17, 15) is 9.59 Å².